The van der Waals surface area contributed by atoms with Gasteiger partial charge in [-0.2, -0.15) is 5.10 Å². The molecule has 0 saturated heterocycles. The molecular formula is C18H27N7O2S. The topological polar surface area (TPSA) is 114 Å². The number of fused-ring (bicyclic) bond motifs is 1. The molecule has 1 aliphatic heterocycles. The van der Waals surface area contributed by atoms with Crippen molar-refractivity contribution in [3.63, 3.8) is 0 Å². The molecule has 1 fully saturated rings. The van der Waals surface area contributed by atoms with E-state index in [9.17, 15) is 8.42 Å². The molecule has 4 rings (SSSR count). The summed E-state index contributed by atoms with van der Waals surface area (Å²) in [6.45, 7) is 3.52. The van der Waals surface area contributed by atoms with Gasteiger partial charge in [0.2, 0.25) is 16.0 Å². The van der Waals surface area contributed by atoms with Crippen LogP contribution in [-0.4, -0.2) is 52.5 Å². The summed E-state index contributed by atoms with van der Waals surface area (Å²) in [6.07, 6.45) is 8.09. The van der Waals surface area contributed by atoms with Gasteiger partial charge in [0, 0.05) is 31.4 Å². The Morgan fingerprint density at radius 3 is 2.82 bits per heavy atom. The fourth-order valence-electron chi connectivity index (χ4n) is 3.82. The van der Waals surface area contributed by atoms with Crippen LogP contribution in [0.25, 0.3) is 11.3 Å². The van der Waals surface area contributed by atoms with Gasteiger partial charge in [-0.15, -0.1) is 0 Å². The van der Waals surface area contributed by atoms with Gasteiger partial charge in [-0.1, -0.05) is 0 Å². The maximum absolute atomic E-state index is 11.7. The predicted molar refractivity (Wildman–Crippen MR) is 109 cm³/mol. The fraction of sp³-hybridized carbons (Fsp3) is 0.611. The zero-order valence-electron chi connectivity index (χ0n) is 16.1. The largest absolute Gasteiger partial charge is 0.370 e. The van der Waals surface area contributed by atoms with Gasteiger partial charge in [-0.3, -0.25) is 0 Å². The summed E-state index contributed by atoms with van der Waals surface area (Å²) in [5, 5.41) is 11.3. The smallest absolute Gasteiger partial charge is 0.223 e. The zero-order valence-corrected chi connectivity index (χ0v) is 16.9. The number of nitrogens with one attached hydrogen (secondary N) is 3. The normalized spacial score (nSPS) is 22.3. The Kier molecular flexibility index (Phi) is 5.49. The average molecular weight is 406 g/mol. The number of hydrogen-bond donors (Lipinski definition) is 3. The predicted octanol–water partition coefficient (Wildman–Crippen LogP) is 1.82. The molecule has 0 atom stereocenters. The van der Waals surface area contributed by atoms with Crippen LogP contribution in [0.4, 0.5) is 11.8 Å². The molecule has 2 aliphatic rings. The summed E-state index contributed by atoms with van der Waals surface area (Å²) in [5.41, 5.74) is 1.83. The van der Waals surface area contributed by atoms with Crippen molar-refractivity contribution in [1.29, 1.82) is 0 Å². The van der Waals surface area contributed by atoms with Gasteiger partial charge in [0.25, 0.3) is 0 Å². The third-order valence-corrected chi connectivity index (χ3v) is 6.85. The molecule has 152 valence electrons. The lowest BCUT2D eigenvalue weighted by Gasteiger charge is -2.29. The minimum atomic E-state index is -3.14. The maximum Gasteiger partial charge on any atom is 0.223 e. The highest BCUT2D eigenvalue weighted by molar-refractivity contribution is 7.89. The summed E-state index contributed by atoms with van der Waals surface area (Å²) in [4.78, 5) is 9.05. The van der Waals surface area contributed by atoms with Crippen LogP contribution in [0.3, 0.4) is 0 Å². The molecule has 0 amide bonds. The first-order valence-electron chi connectivity index (χ1n) is 9.93. The van der Waals surface area contributed by atoms with Crippen LogP contribution in [-0.2, 0) is 16.6 Å². The highest BCUT2D eigenvalue weighted by Gasteiger charge is 2.25. The van der Waals surface area contributed by atoms with Crippen LogP contribution < -0.4 is 15.4 Å². The fourth-order valence-corrected chi connectivity index (χ4v) is 4.73. The molecular weight excluding hydrogens is 378 g/mol. The summed E-state index contributed by atoms with van der Waals surface area (Å²) in [6, 6.07) is 2.17. The molecule has 9 nitrogen and oxygen atoms in total. The molecule has 3 heterocycles. The third kappa shape index (κ3) is 4.27. The second-order valence-corrected chi connectivity index (χ2v) is 9.43. The summed E-state index contributed by atoms with van der Waals surface area (Å²) in [5.74, 6) is 1.74. The van der Waals surface area contributed by atoms with Gasteiger partial charge in [-0.05, 0) is 45.1 Å². The molecule has 1 aliphatic carbocycles. The molecule has 0 unspecified atom stereocenters. The number of nitrogens with zero attached hydrogens (tertiary/aromatic N) is 4. The SMILES string of the molecule is CCS(=O)(=O)NC1CCC(Nc2nccc(-c3cnn4c3NCCC4)n2)CC1. The van der Waals surface area contributed by atoms with E-state index in [-0.39, 0.29) is 17.8 Å². The lowest BCUT2D eigenvalue weighted by atomic mass is 9.92. The number of sulfonamides is 1. The van der Waals surface area contributed by atoms with Gasteiger partial charge in [0.1, 0.15) is 5.82 Å². The highest BCUT2D eigenvalue weighted by Crippen LogP contribution is 2.29. The molecule has 3 N–H and O–H groups in total. The number of anilines is 2. The van der Waals surface area contributed by atoms with Gasteiger partial charge < -0.3 is 10.6 Å². The zero-order chi connectivity index (χ0) is 19.6. The van der Waals surface area contributed by atoms with Crippen LogP contribution in [0, 0.1) is 0 Å². The Hall–Kier alpha value is -2.20. The van der Waals surface area contributed by atoms with Crippen LogP contribution in [0.1, 0.15) is 39.0 Å². The molecule has 0 radical (unpaired) electrons. The Bertz CT molecular complexity index is 920. The van der Waals surface area contributed by atoms with E-state index in [1.807, 2.05) is 16.9 Å². The molecule has 10 heteroatoms. The van der Waals surface area contributed by atoms with Gasteiger partial charge in [0.15, 0.2) is 0 Å². The molecule has 0 spiro atoms. The third-order valence-electron chi connectivity index (χ3n) is 5.40. The van der Waals surface area contributed by atoms with E-state index in [0.29, 0.717) is 5.95 Å². The van der Waals surface area contributed by atoms with Crippen molar-refractivity contribution in [3.05, 3.63) is 18.5 Å². The van der Waals surface area contributed by atoms with E-state index in [4.69, 9.17) is 0 Å². The lowest BCUT2D eigenvalue weighted by Crippen LogP contribution is -2.40. The second-order valence-electron chi connectivity index (χ2n) is 7.39. The number of hydrogen-bond acceptors (Lipinski definition) is 7. The lowest BCUT2D eigenvalue weighted by molar-refractivity contribution is 0.386. The van der Waals surface area contributed by atoms with Crippen LogP contribution in [0.2, 0.25) is 0 Å². The number of aromatic nitrogens is 4. The minimum absolute atomic E-state index is 0.0280. The summed E-state index contributed by atoms with van der Waals surface area (Å²) < 4.78 is 28.2. The quantitative estimate of drug-likeness (QED) is 0.672. The Balaban J connectivity index is 1.39. The van der Waals surface area contributed by atoms with E-state index < -0.39 is 10.0 Å². The Morgan fingerprint density at radius 2 is 2.04 bits per heavy atom. The Morgan fingerprint density at radius 1 is 1.25 bits per heavy atom. The van der Waals surface area contributed by atoms with Crippen molar-refractivity contribution in [1.82, 2.24) is 24.5 Å². The van der Waals surface area contributed by atoms with Crippen LogP contribution in [0.15, 0.2) is 18.5 Å². The minimum Gasteiger partial charge on any atom is -0.370 e. The van der Waals surface area contributed by atoms with Crippen molar-refractivity contribution >= 4 is 21.8 Å². The van der Waals surface area contributed by atoms with Crippen LogP contribution >= 0.6 is 0 Å². The van der Waals surface area contributed by atoms with E-state index in [2.05, 4.69) is 30.4 Å². The van der Waals surface area contributed by atoms with Crippen LogP contribution in [0.5, 0.6) is 0 Å². The molecule has 2 aromatic heterocycles. The van der Waals surface area contributed by atoms with Gasteiger partial charge in [0.05, 0.1) is 23.2 Å². The molecule has 0 bridgehead atoms. The van der Waals surface area contributed by atoms with E-state index in [1.54, 1.807) is 13.1 Å². The number of rotatable bonds is 6. The van der Waals surface area contributed by atoms with Crippen molar-refractivity contribution in [2.24, 2.45) is 0 Å². The second kappa shape index (κ2) is 8.04. The van der Waals surface area contributed by atoms with E-state index >= 15 is 0 Å². The highest BCUT2D eigenvalue weighted by atomic mass is 32.2. The first-order chi connectivity index (χ1) is 13.5. The Labute approximate surface area is 165 Å². The maximum atomic E-state index is 11.7. The van der Waals surface area contributed by atoms with Crippen molar-refractivity contribution in [3.8, 4) is 11.3 Å². The van der Waals surface area contributed by atoms with Gasteiger partial charge in [-0.25, -0.2) is 27.8 Å². The number of aryl methyl sites for hydroxylation is 1. The standard InChI is InChI=1S/C18H27N7O2S/c1-2-28(26,27)24-14-6-4-13(5-7-14)22-18-20-10-8-16(23-18)15-12-21-25-11-3-9-19-17(15)25/h8,10,12-14,19,24H,2-7,9,11H2,1H3,(H,20,22,23). The monoisotopic (exact) mass is 405 g/mol. The summed E-state index contributed by atoms with van der Waals surface area (Å²) in [7, 11) is -3.14. The van der Waals surface area contributed by atoms with Crippen molar-refractivity contribution < 1.29 is 8.42 Å². The first-order valence-corrected chi connectivity index (χ1v) is 11.6. The first kappa shape index (κ1) is 19.1. The summed E-state index contributed by atoms with van der Waals surface area (Å²) >= 11 is 0. The molecule has 28 heavy (non-hydrogen) atoms. The van der Waals surface area contributed by atoms with E-state index in [0.717, 1.165) is 62.3 Å². The average Bonchev–Trinajstić information content (AvgIpc) is 3.14. The molecule has 1 saturated carbocycles. The van der Waals surface area contributed by atoms with E-state index in [1.165, 1.54) is 0 Å². The molecule has 2 aromatic rings. The van der Waals surface area contributed by atoms with Gasteiger partial charge >= 0.3 is 0 Å². The van der Waals surface area contributed by atoms with Crippen molar-refractivity contribution in [2.45, 2.75) is 57.7 Å². The molecule has 0 aromatic carbocycles. The van der Waals surface area contributed by atoms with Crippen molar-refractivity contribution in [2.75, 3.05) is 22.9 Å².